The Hall–Kier alpha value is -1.79. The molecule has 0 saturated carbocycles. The van der Waals surface area contributed by atoms with Crippen LogP contribution in [0.3, 0.4) is 0 Å². The van der Waals surface area contributed by atoms with Crippen molar-refractivity contribution in [1.82, 2.24) is 9.99 Å². The number of benzene rings is 1. The number of carbonyl (C=O) groups is 1. The molecule has 0 aliphatic rings. The molecule has 0 aliphatic carbocycles. The predicted octanol–water partition coefficient (Wildman–Crippen LogP) is 4.72. The summed E-state index contributed by atoms with van der Waals surface area (Å²) in [5.74, 6) is -0.209. The Kier molecular flexibility index (Phi) is 7.50. The van der Waals surface area contributed by atoms with E-state index in [0.717, 1.165) is 18.4 Å². The molecule has 0 radical (unpaired) electrons. The molecule has 7 heteroatoms. The van der Waals surface area contributed by atoms with Crippen LogP contribution in [-0.2, 0) is 0 Å². The molecule has 1 amide bonds. The van der Waals surface area contributed by atoms with Gasteiger partial charge in [0.25, 0.3) is 11.5 Å². The zero-order valence-electron chi connectivity index (χ0n) is 16.0. The minimum atomic E-state index is -0.209. The Morgan fingerprint density at radius 3 is 2.41 bits per heavy atom. The van der Waals surface area contributed by atoms with Crippen molar-refractivity contribution in [2.75, 3.05) is 12.0 Å². The van der Waals surface area contributed by atoms with E-state index in [4.69, 9.17) is 11.6 Å². The maximum Gasteiger partial charge on any atom is 0.283 e. The van der Waals surface area contributed by atoms with Gasteiger partial charge in [-0.25, -0.2) is 4.68 Å². The average molecular weight is 455 g/mol. The molecule has 2 aromatic rings. The van der Waals surface area contributed by atoms with Gasteiger partial charge in [-0.05, 0) is 65.9 Å². The number of carbonyl (C=O) groups excluding carboxylic acids is 1. The second-order valence-corrected chi connectivity index (χ2v) is 7.66. The Labute approximate surface area is 173 Å². The summed E-state index contributed by atoms with van der Waals surface area (Å²) in [4.78, 5) is 25.6. The minimum Gasteiger partial charge on any atom is -0.345 e. The van der Waals surface area contributed by atoms with Crippen LogP contribution in [0.1, 0.15) is 59.9 Å². The second-order valence-electron chi connectivity index (χ2n) is 6.43. The van der Waals surface area contributed by atoms with E-state index < -0.39 is 0 Å². The highest BCUT2D eigenvalue weighted by atomic mass is 79.9. The zero-order valence-corrected chi connectivity index (χ0v) is 18.4. The first-order valence-electron chi connectivity index (χ1n) is 9.03. The van der Waals surface area contributed by atoms with Crippen molar-refractivity contribution in [3.8, 4) is 0 Å². The lowest BCUT2D eigenvalue weighted by Crippen LogP contribution is -2.37. The summed E-state index contributed by atoms with van der Waals surface area (Å²) in [7, 11) is 0. The number of hydrogen-bond acceptors (Lipinski definition) is 3. The lowest BCUT2D eigenvalue weighted by Gasteiger charge is -2.22. The third kappa shape index (κ3) is 4.74. The molecule has 2 rings (SSSR count). The largest absolute Gasteiger partial charge is 0.345 e. The van der Waals surface area contributed by atoms with Crippen molar-refractivity contribution in [2.24, 2.45) is 0 Å². The van der Waals surface area contributed by atoms with Crippen molar-refractivity contribution < 1.29 is 4.79 Å². The molecule has 5 nitrogen and oxygen atoms in total. The summed E-state index contributed by atoms with van der Waals surface area (Å²) in [6, 6.07) is 7.31. The first-order valence-corrected chi connectivity index (χ1v) is 10.2. The van der Waals surface area contributed by atoms with E-state index in [0.29, 0.717) is 32.9 Å². The van der Waals surface area contributed by atoms with Crippen LogP contribution in [0.25, 0.3) is 0 Å². The third-order valence-electron chi connectivity index (χ3n) is 4.53. The minimum absolute atomic E-state index is 0.142. The molecule has 1 aromatic carbocycles. The van der Waals surface area contributed by atoms with E-state index in [2.05, 4.69) is 26.7 Å². The number of pyridine rings is 1. The molecule has 146 valence electrons. The van der Waals surface area contributed by atoms with Gasteiger partial charge in [0.1, 0.15) is 0 Å². The van der Waals surface area contributed by atoms with Gasteiger partial charge in [0.05, 0.1) is 21.8 Å². The van der Waals surface area contributed by atoms with Gasteiger partial charge < -0.3 is 10.7 Å². The highest BCUT2D eigenvalue weighted by Crippen LogP contribution is 2.23. The molecule has 0 aliphatic heterocycles. The second kappa shape index (κ2) is 9.42. The van der Waals surface area contributed by atoms with E-state index >= 15 is 0 Å². The number of hydrogen-bond donors (Lipinski definition) is 2. The smallest absolute Gasteiger partial charge is 0.283 e. The quantitative estimate of drug-likeness (QED) is 0.636. The van der Waals surface area contributed by atoms with Gasteiger partial charge in [0, 0.05) is 11.6 Å². The van der Waals surface area contributed by atoms with Crippen molar-refractivity contribution in [3.63, 3.8) is 0 Å². The van der Waals surface area contributed by atoms with Gasteiger partial charge >= 0.3 is 0 Å². The molecule has 1 heterocycles. The Bertz CT molecular complexity index is 878. The molecule has 1 atom stereocenters. The highest BCUT2D eigenvalue weighted by molar-refractivity contribution is 9.10. The third-order valence-corrected chi connectivity index (χ3v) is 5.71. The molecule has 1 aromatic heterocycles. The number of nitrogens with zero attached hydrogens (tertiary/aromatic N) is 1. The van der Waals surface area contributed by atoms with Gasteiger partial charge in [-0.3, -0.25) is 9.59 Å². The number of amides is 1. The van der Waals surface area contributed by atoms with E-state index in [-0.39, 0.29) is 17.5 Å². The van der Waals surface area contributed by atoms with Crippen molar-refractivity contribution in [1.29, 1.82) is 0 Å². The van der Waals surface area contributed by atoms with Crippen LogP contribution in [0.2, 0.25) is 5.02 Å². The number of rotatable bonds is 7. The van der Waals surface area contributed by atoms with Gasteiger partial charge in [-0.15, -0.1) is 0 Å². The van der Waals surface area contributed by atoms with E-state index in [1.807, 2.05) is 38.1 Å². The van der Waals surface area contributed by atoms with Crippen LogP contribution in [0, 0.1) is 13.8 Å². The summed E-state index contributed by atoms with van der Waals surface area (Å²) in [5, 5.41) is 3.74. The molecular formula is C20H25BrClN3O2. The van der Waals surface area contributed by atoms with Crippen LogP contribution in [0.15, 0.2) is 33.5 Å². The van der Waals surface area contributed by atoms with Crippen LogP contribution < -0.4 is 16.3 Å². The molecule has 0 fully saturated rings. The lowest BCUT2D eigenvalue weighted by atomic mass is 10.0. The molecule has 2 N–H and O–H groups in total. The first-order chi connectivity index (χ1) is 12.8. The van der Waals surface area contributed by atoms with Crippen molar-refractivity contribution >= 4 is 33.4 Å². The Balaban J connectivity index is 2.41. The molecule has 0 spiro atoms. The van der Waals surface area contributed by atoms with E-state index in [1.54, 1.807) is 13.8 Å². The fourth-order valence-corrected chi connectivity index (χ4v) is 3.50. The zero-order chi connectivity index (χ0) is 20.1. The fraction of sp³-hybridized carbons (Fsp3) is 0.400. The highest BCUT2D eigenvalue weighted by Gasteiger charge is 2.23. The predicted molar refractivity (Wildman–Crippen MR) is 114 cm³/mol. The summed E-state index contributed by atoms with van der Waals surface area (Å²) in [6.45, 7) is 8.23. The fourth-order valence-electron chi connectivity index (χ4n) is 3.00. The molecule has 0 unspecified atom stereocenters. The lowest BCUT2D eigenvalue weighted by molar-refractivity contribution is 0.0933. The van der Waals surface area contributed by atoms with Gasteiger partial charge in [-0.2, -0.15) is 0 Å². The molecule has 0 bridgehead atoms. The van der Waals surface area contributed by atoms with E-state index in [9.17, 15) is 9.59 Å². The van der Waals surface area contributed by atoms with Gasteiger partial charge in [0.2, 0.25) is 0 Å². The van der Waals surface area contributed by atoms with Gasteiger partial charge in [-0.1, -0.05) is 37.6 Å². The Morgan fingerprint density at radius 2 is 1.85 bits per heavy atom. The van der Waals surface area contributed by atoms with Gasteiger partial charge in [0.15, 0.2) is 0 Å². The molecular weight excluding hydrogens is 430 g/mol. The number of halogens is 2. The Morgan fingerprint density at radius 1 is 1.22 bits per heavy atom. The summed E-state index contributed by atoms with van der Waals surface area (Å²) in [5.41, 5.74) is 5.60. The SMILES string of the molecule is CCCNn1c(C)c(C(=O)N[C@@H](CC)c2ccc(Cl)cc2)c(C)c(Br)c1=O. The van der Waals surface area contributed by atoms with Crippen LogP contribution >= 0.6 is 27.5 Å². The number of aromatic nitrogens is 1. The summed E-state index contributed by atoms with van der Waals surface area (Å²) < 4.78 is 1.83. The summed E-state index contributed by atoms with van der Waals surface area (Å²) >= 11 is 9.31. The van der Waals surface area contributed by atoms with Crippen molar-refractivity contribution in [2.45, 2.75) is 46.6 Å². The first kappa shape index (κ1) is 21.5. The topological polar surface area (TPSA) is 63.1 Å². The average Bonchev–Trinajstić information content (AvgIpc) is 2.65. The van der Waals surface area contributed by atoms with Crippen LogP contribution in [0.5, 0.6) is 0 Å². The molecule has 27 heavy (non-hydrogen) atoms. The normalized spacial score (nSPS) is 11.9. The van der Waals surface area contributed by atoms with E-state index in [1.165, 1.54) is 4.68 Å². The number of nitrogens with one attached hydrogen (secondary N) is 2. The van der Waals surface area contributed by atoms with Crippen molar-refractivity contribution in [3.05, 3.63) is 66.5 Å². The standard InChI is InChI=1S/C20H25BrClN3O2/c1-5-11-23-25-13(4)17(12(3)18(21)20(25)27)19(26)24-16(6-2)14-7-9-15(22)10-8-14/h7-10,16,23H,5-6,11H2,1-4H3,(H,24,26)/t16-/m0/s1. The molecule has 0 saturated heterocycles. The maximum atomic E-state index is 13.1. The maximum absolute atomic E-state index is 13.1. The van der Waals surface area contributed by atoms with Crippen LogP contribution in [0.4, 0.5) is 0 Å². The monoisotopic (exact) mass is 453 g/mol. The summed E-state index contributed by atoms with van der Waals surface area (Å²) in [6.07, 6.45) is 1.60. The van der Waals surface area contributed by atoms with Crippen LogP contribution in [-0.4, -0.2) is 17.1 Å².